The summed E-state index contributed by atoms with van der Waals surface area (Å²) in [6, 6.07) is -0.967. The highest BCUT2D eigenvalue weighted by Gasteiger charge is 2.33. The molecule has 0 aromatic carbocycles. The third kappa shape index (κ3) is 3.02. The van der Waals surface area contributed by atoms with E-state index in [9.17, 15) is 5.11 Å². The number of hydrogen-bond donors (Lipinski definition) is 6. The highest BCUT2D eigenvalue weighted by molar-refractivity contribution is 4.89. The van der Waals surface area contributed by atoms with E-state index in [0.717, 1.165) is 0 Å². The summed E-state index contributed by atoms with van der Waals surface area (Å²) in [6.07, 6.45) is -0.878. The van der Waals surface area contributed by atoms with Crippen LogP contribution in [0.5, 0.6) is 0 Å². The number of aliphatic hydroxyl groups excluding tert-OH is 1. The quantitative estimate of drug-likeness (QED) is 0.242. The zero-order valence-corrected chi connectivity index (χ0v) is 6.98. The summed E-state index contributed by atoms with van der Waals surface area (Å²) in [5, 5.41) is 18.6. The Hall–Kier alpha value is -0.240. The molecule has 0 aliphatic rings. The van der Waals surface area contributed by atoms with Gasteiger partial charge in [-0.2, -0.15) is 0 Å². The van der Waals surface area contributed by atoms with E-state index in [0.29, 0.717) is 0 Å². The normalized spacial score (nSPS) is 21.5. The molecule has 3 atom stereocenters. The maximum Gasteiger partial charge on any atom is 0.132 e. The molecule has 0 aliphatic carbocycles. The molecule has 0 radical (unpaired) electrons. The third-order valence-electron chi connectivity index (χ3n) is 1.78. The van der Waals surface area contributed by atoms with Gasteiger partial charge in [0, 0.05) is 13.0 Å². The van der Waals surface area contributed by atoms with E-state index < -0.39 is 17.9 Å². The van der Waals surface area contributed by atoms with Crippen LogP contribution in [0.15, 0.2) is 0 Å². The van der Waals surface area contributed by atoms with Crippen molar-refractivity contribution >= 4 is 0 Å². The molecule has 0 aromatic heterocycles. The molecule has 6 nitrogen and oxygen atoms in total. The first-order valence-electron chi connectivity index (χ1n) is 3.80. The first-order valence-corrected chi connectivity index (χ1v) is 3.80. The second-order valence-electron chi connectivity index (χ2n) is 2.86. The van der Waals surface area contributed by atoms with Gasteiger partial charge in [-0.25, -0.2) is 0 Å². The van der Waals surface area contributed by atoms with Crippen LogP contribution in [0.1, 0.15) is 6.42 Å². The SMILES string of the molecule is NCCC(N)(O)C(N)C(O)CN. The largest absolute Gasteiger partial charge is 0.390 e. The van der Waals surface area contributed by atoms with Crippen molar-refractivity contribution in [3.05, 3.63) is 0 Å². The molecule has 0 fully saturated rings. The van der Waals surface area contributed by atoms with Gasteiger partial charge in [-0.1, -0.05) is 0 Å². The second kappa shape index (κ2) is 4.70. The van der Waals surface area contributed by atoms with E-state index in [1.54, 1.807) is 0 Å². The molecular formula is C6H18N4O2. The minimum absolute atomic E-state index is 0.0365. The smallest absolute Gasteiger partial charge is 0.132 e. The predicted molar refractivity (Wildman–Crippen MR) is 45.8 cm³/mol. The maximum atomic E-state index is 9.44. The zero-order chi connectivity index (χ0) is 9.78. The lowest BCUT2D eigenvalue weighted by Gasteiger charge is -2.32. The number of hydrogen-bond acceptors (Lipinski definition) is 6. The van der Waals surface area contributed by atoms with E-state index in [1.165, 1.54) is 0 Å². The Morgan fingerprint density at radius 1 is 1.33 bits per heavy atom. The predicted octanol–water partition coefficient (Wildman–Crippen LogP) is -3.37. The molecule has 0 rings (SSSR count). The Bertz CT molecular complexity index is 131. The Labute approximate surface area is 71.5 Å². The molecule has 6 heteroatoms. The minimum Gasteiger partial charge on any atom is -0.390 e. The zero-order valence-electron chi connectivity index (χ0n) is 6.98. The van der Waals surface area contributed by atoms with E-state index >= 15 is 0 Å². The summed E-state index contributed by atoms with van der Waals surface area (Å²) in [6.45, 7) is 0.170. The molecule has 0 saturated heterocycles. The van der Waals surface area contributed by atoms with Crippen LogP contribution in [-0.2, 0) is 0 Å². The summed E-state index contributed by atoms with van der Waals surface area (Å²) < 4.78 is 0. The minimum atomic E-state index is -1.65. The summed E-state index contributed by atoms with van der Waals surface area (Å²) in [5.41, 5.74) is 19.5. The Kier molecular flexibility index (Phi) is 4.61. The van der Waals surface area contributed by atoms with Crippen LogP contribution in [0.25, 0.3) is 0 Å². The van der Waals surface area contributed by atoms with Gasteiger partial charge in [-0.3, -0.25) is 0 Å². The van der Waals surface area contributed by atoms with Gasteiger partial charge in [0.1, 0.15) is 5.72 Å². The van der Waals surface area contributed by atoms with Crippen molar-refractivity contribution in [1.82, 2.24) is 0 Å². The molecule has 0 spiro atoms. The first kappa shape index (κ1) is 11.8. The van der Waals surface area contributed by atoms with Gasteiger partial charge in [0.05, 0.1) is 12.1 Å². The lowest BCUT2D eigenvalue weighted by Crippen LogP contribution is -2.62. The van der Waals surface area contributed by atoms with Crippen molar-refractivity contribution in [3.63, 3.8) is 0 Å². The van der Waals surface area contributed by atoms with Crippen LogP contribution in [0, 0.1) is 0 Å². The highest BCUT2D eigenvalue weighted by atomic mass is 16.3. The molecule has 12 heavy (non-hydrogen) atoms. The van der Waals surface area contributed by atoms with Crippen molar-refractivity contribution in [2.75, 3.05) is 13.1 Å². The molecular weight excluding hydrogens is 160 g/mol. The maximum absolute atomic E-state index is 9.44. The Morgan fingerprint density at radius 2 is 1.83 bits per heavy atom. The fraction of sp³-hybridized carbons (Fsp3) is 1.00. The highest BCUT2D eigenvalue weighted by Crippen LogP contribution is 2.08. The molecule has 0 amide bonds. The summed E-state index contributed by atoms with van der Waals surface area (Å²) in [7, 11) is 0. The Morgan fingerprint density at radius 3 is 2.17 bits per heavy atom. The van der Waals surface area contributed by atoms with Crippen molar-refractivity contribution in [2.45, 2.75) is 24.3 Å². The second-order valence-corrected chi connectivity index (χ2v) is 2.86. The molecule has 0 aliphatic heterocycles. The van der Waals surface area contributed by atoms with Crippen molar-refractivity contribution in [2.24, 2.45) is 22.9 Å². The van der Waals surface area contributed by atoms with Gasteiger partial charge < -0.3 is 33.1 Å². The Balaban J connectivity index is 4.13. The van der Waals surface area contributed by atoms with Crippen LogP contribution in [-0.4, -0.2) is 41.2 Å². The summed E-state index contributed by atoms with van der Waals surface area (Å²) in [4.78, 5) is 0. The van der Waals surface area contributed by atoms with E-state index in [1.807, 2.05) is 0 Å². The van der Waals surface area contributed by atoms with Gasteiger partial charge in [-0.15, -0.1) is 0 Å². The fourth-order valence-corrected chi connectivity index (χ4v) is 0.878. The van der Waals surface area contributed by atoms with Gasteiger partial charge >= 0.3 is 0 Å². The fourth-order valence-electron chi connectivity index (χ4n) is 0.878. The number of aliphatic hydroxyl groups is 2. The van der Waals surface area contributed by atoms with E-state index in [4.69, 9.17) is 28.0 Å². The lowest BCUT2D eigenvalue weighted by atomic mass is 9.97. The summed E-state index contributed by atoms with van der Waals surface area (Å²) >= 11 is 0. The van der Waals surface area contributed by atoms with Gasteiger partial charge in [0.2, 0.25) is 0 Å². The van der Waals surface area contributed by atoms with Crippen molar-refractivity contribution < 1.29 is 10.2 Å². The monoisotopic (exact) mass is 178 g/mol. The topological polar surface area (TPSA) is 145 Å². The lowest BCUT2D eigenvalue weighted by molar-refractivity contribution is -0.0294. The van der Waals surface area contributed by atoms with Crippen LogP contribution in [0.4, 0.5) is 0 Å². The average Bonchev–Trinajstić information content (AvgIpc) is 2.01. The van der Waals surface area contributed by atoms with Gasteiger partial charge in [-0.05, 0) is 6.54 Å². The third-order valence-corrected chi connectivity index (χ3v) is 1.78. The van der Waals surface area contributed by atoms with Gasteiger partial charge in [0.25, 0.3) is 0 Å². The van der Waals surface area contributed by atoms with E-state index in [-0.39, 0.29) is 19.5 Å². The van der Waals surface area contributed by atoms with Crippen molar-refractivity contribution in [3.8, 4) is 0 Å². The van der Waals surface area contributed by atoms with Crippen LogP contribution < -0.4 is 22.9 Å². The molecule has 74 valence electrons. The molecule has 0 aromatic rings. The van der Waals surface area contributed by atoms with Crippen LogP contribution in [0.2, 0.25) is 0 Å². The first-order chi connectivity index (χ1) is 5.45. The molecule has 10 N–H and O–H groups in total. The van der Waals surface area contributed by atoms with Crippen LogP contribution >= 0.6 is 0 Å². The molecule has 0 saturated carbocycles. The molecule has 0 bridgehead atoms. The molecule has 3 unspecified atom stereocenters. The van der Waals surface area contributed by atoms with E-state index in [2.05, 4.69) is 0 Å². The molecule has 0 heterocycles. The summed E-state index contributed by atoms with van der Waals surface area (Å²) in [5.74, 6) is 0. The van der Waals surface area contributed by atoms with Crippen LogP contribution in [0.3, 0.4) is 0 Å². The standard InChI is InChI=1S/C6H18N4O2/c7-2-1-6(10,12)5(9)4(11)3-8/h4-5,11-12H,1-3,7-10H2. The van der Waals surface area contributed by atoms with Gasteiger partial charge in [0.15, 0.2) is 0 Å². The number of nitrogens with two attached hydrogens (primary N) is 4. The average molecular weight is 178 g/mol. The van der Waals surface area contributed by atoms with Crippen molar-refractivity contribution in [1.29, 1.82) is 0 Å². The number of rotatable bonds is 5.